The molecule has 0 bridgehead atoms. The fourth-order valence-corrected chi connectivity index (χ4v) is 2.71. The lowest BCUT2D eigenvalue weighted by Gasteiger charge is -2.10. The van der Waals surface area contributed by atoms with Crippen molar-refractivity contribution in [1.29, 1.82) is 0 Å². The maximum Gasteiger partial charge on any atom is 0.230 e. The number of hydrogen-bond donors (Lipinski definition) is 2. The second-order valence-corrected chi connectivity index (χ2v) is 6.09. The summed E-state index contributed by atoms with van der Waals surface area (Å²) in [5.74, 6) is 2.40. The van der Waals surface area contributed by atoms with E-state index >= 15 is 0 Å². The molecule has 108 valence electrons. The second kappa shape index (κ2) is 6.79. The predicted molar refractivity (Wildman–Crippen MR) is 85.0 cm³/mol. The number of carbonyl (C=O) groups is 1. The van der Waals surface area contributed by atoms with Gasteiger partial charge in [0.05, 0.1) is 22.8 Å². The van der Waals surface area contributed by atoms with E-state index in [1.807, 2.05) is 19.1 Å². The molecule has 0 saturated heterocycles. The lowest BCUT2D eigenvalue weighted by molar-refractivity contribution is -0.119. The molecule has 2 rings (SSSR count). The van der Waals surface area contributed by atoms with Crippen LogP contribution in [-0.4, -0.2) is 27.4 Å². The molecule has 1 aromatic carbocycles. The summed E-state index contributed by atoms with van der Waals surface area (Å²) in [5.41, 5.74) is 3.15. The van der Waals surface area contributed by atoms with E-state index in [0.717, 1.165) is 29.0 Å². The molecular weight excluding hydrogens is 270 g/mol. The van der Waals surface area contributed by atoms with Crippen LogP contribution < -0.4 is 5.32 Å². The number of hydrogen-bond acceptors (Lipinski definition) is 3. The average Bonchev–Trinajstić information content (AvgIpc) is 2.82. The van der Waals surface area contributed by atoms with Crippen LogP contribution in [0.5, 0.6) is 0 Å². The molecule has 0 radical (unpaired) electrons. The zero-order chi connectivity index (χ0) is 14.5. The number of amides is 1. The topological polar surface area (TPSA) is 57.8 Å². The molecule has 2 N–H and O–H groups in total. The first-order valence-corrected chi connectivity index (χ1v) is 8.09. The molecule has 1 heterocycles. The van der Waals surface area contributed by atoms with Gasteiger partial charge in [0, 0.05) is 0 Å². The highest BCUT2D eigenvalue weighted by atomic mass is 32.2. The van der Waals surface area contributed by atoms with Crippen molar-refractivity contribution in [2.45, 2.75) is 33.2 Å². The Kier molecular flexibility index (Phi) is 5.06. The van der Waals surface area contributed by atoms with Gasteiger partial charge in [0.2, 0.25) is 5.91 Å². The summed E-state index contributed by atoms with van der Waals surface area (Å²) in [5, 5.41) is 2.98. The summed E-state index contributed by atoms with van der Waals surface area (Å²) >= 11 is 1.66. The van der Waals surface area contributed by atoms with Gasteiger partial charge < -0.3 is 10.3 Å². The highest BCUT2D eigenvalue weighted by Crippen LogP contribution is 2.17. The first-order chi connectivity index (χ1) is 9.60. The van der Waals surface area contributed by atoms with Crippen LogP contribution in [0, 0.1) is 6.92 Å². The number of benzene rings is 1. The van der Waals surface area contributed by atoms with E-state index < -0.39 is 0 Å². The Morgan fingerprint density at radius 3 is 3.05 bits per heavy atom. The molecule has 4 nitrogen and oxygen atoms in total. The molecule has 5 heteroatoms. The largest absolute Gasteiger partial charge is 0.346 e. The third-order valence-electron chi connectivity index (χ3n) is 3.02. The lowest BCUT2D eigenvalue weighted by Crippen LogP contribution is -2.28. The Morgan fingerprint density at radius 2 is 2.30 bits per heavy atom. The first-order valence-electron chi connectivity index (χ1n) is 6.93. The van der Waals surface area contributed by atoms with Crippen LogP contribution in [0.25, 0.3) is 11.0 Å². The quantitative estimate of drug-likeness (QED) is 0.804. The lowest BCUT2D eigenvalue weighted by atomic mass is 10.2. The summed E-state index contributed by atoms with van der Waals surface area (Å²) in [6.07, 6.45) is 1.09. The van der Waals surface area contributed by atoms with Crippen LogP contribution in [0.3, 0.4) is 0 Å². The minimum absolute atomic E-state index is 0.0626. The van der Waals surface area contributed by atoms with Crippen molar-refractivity contribution in [3.05, 3.63) is 29.6 Å². The smallest absolute Gasteiger partial charge is 0.230 e. The van der Waals surface area contributed by atoms with Gasteiger partial charge in [-0.05, 0) is 43.7 Å². The van der Waals surface area contributed by atoms with Gasteiger partial charge in [0.15, 0.2) is 0 Å². The zero-order valence-electron chi connectivity index (χ0n) is 12.2. The molecular formula is C15H21N3OS. The van der Waals surface area contributed by atoms with E-state index in [1.54, 1.807) is 11.8 Å². The summed E-state index contributed by atoms with van der Waals surface area (Å²) in [7, 11) is 0. The number of fused-ring (bicyclic) bond motifs is 1. The van der Waals surface area contributed by atoms with E-state index in [9.17, 15) is 4.79 Å². The van der Waals surface area contributed by atoms with Crippen LogP contribution in [0.2, 0.25) is 0 Å². The van der Waals surface area contributed by atoms with Crippen LogP contribution in [0.1, 0.15) is 37.7 Å². The average molecular weight is 291 g/mol. The van der Waals surface area contributed by atoms with E-state index in [2.05, 4.69) is 35.2 Å². The summed E-state index contributed by atoms with van der Waals surface area (Å²) in [6.45, 7) is 6.12. The Bertz CT molecular complexity index is 594. The van der Waals surface area contributed by atoms with E-state index in [1.165, 1.54) is 5.56 Å². The molecule has 0 spiro atoms. The minimum atomic E-state index is -0.0996. The highest BCUT2D eigenvalue weighted by Gasteiger charge is 2.13. The van der Waals surface area contributed by atoms with Crippen LogP contribution in [0.15, 0.2) is 18.2 Å². The molecule has 2 aromatic rings. The maximum absolute atomic E-state index is 11.8. The maximum atomic E-state index is 11.8. The number of imidazole rings is 1. The summed E-state index contributed by atoms with van der Waals surface area (Å²) < 4.78 is 0. The van der Waals surface area contributed by atoms with Crippen molar-refractivity contribution < 1.29 is 4.79 Å². The van der Waals surface area contributed by atoms with Gasteiger partial charge in [-0.2, -0.15) is 11.8 Å². The third kappa shape index (κ3) is 3.76. The molecule has 0 aliphatic carbocycles. The predicted octanol–water partition coefficient (Wildman–Crippen LogP) is 3.19. The normalized spacial score (nSPS) is 12.6. The molecule has 1 amide bonds. The number of aryl methyl sites for hydroxylation is 1. The molecule has 0 aliphatic heterocycles. The fourth-order valence-electron chi connectivity index (χ4n) is 2.01. The van der Waals surface area contributed by atoms with Gasteiger partial charge in [-0.3, -0.25) is 4.79 Å². The Labute approximate surface area is 123 Å². The van der Waals surface area contributed by atoms with Gasteiger partial charge in [0.25, 0.3) is 0 Å². The number of carbonyl (C=O) groups excluding carboxylic acids is 1. The number of rotatable bonds is 6. The van der Waals surface area contributed by atoms with Crippen LogP contribution in [-0.2, 0) is 4.79 Å². The molecule has 0 fully saturated rings. The minimum Gasteiger partial charge on any atom is -0.346 e. The van der Waals surface area contributed by atoms with E-state index in [-0.39, 0.29) is 11.9 Å². The van der Waals surface area contributed by atoms with Gasteiger partial charge >= 0.3 is 0 Å². The molecule has 1 atom stereocenters. The van der Waals surface area contributed by atoms with Crippen LogP contribution >= 0.6 is 11.8 Å². The van der Waals surface area contributed by atoms with Crippen molar-refractivity contribution >= 4 is 28.7 Å². The highest BCUT2D eigenvalue weighted by molar-refractivity contribution is 7.99. The first kappa shape index (κ1) is 14.9. The molecule has 0 aliphatic rings. The van der Waals surface area contributed by atoms with Crippen molar-refractivity contribution in [3.8, 4) is 0 Å². The molecule has 1 unspecified atom stereocenters. The molecule has 1 aromatic heterocycles. The fraction of sp³-hybridized carbons (Fsp3) is 0.467. The van der Waals surface area contributed by atoms with Gasteiger partial charge in [-0.1, -0.05) is 13.0 Å². The Balaban J connectivity index is 2.00. The van der Waals surface area contributed by atoms with E-state index in [0.29, 0.717) is 5.75 Å². The number of thioether (sulfide) groups is 1. The number of aromatic nitrogens is 2. The van der Waals surface area contributed by atoms with Crippen molar-refractivity contribution in [2.75, 3.05) is 11.5 Å². The third-order valence-corrected chi connectivity index (χ3v) is 4.19. The van der Waals surface area contributed by atoms with Gasteiger partial charge in [-0.25, -0.2) is 4.98 Å². The van der Waals surface area contributed by atoms with Gasteiger partial charge in [-0.15, -0.1) is 0 Å². The van der Waals surface area contributed by atoms with Crippen LogP contribution in [0.4, 0.5) is 0 Å². The van der Waals surface area contributed by atoms with E-state index in [4.69, 9.17) is 0 Å². The Hall–Kier alpha value is -1.49. The summed E-state index contributed by atoms with van der Waals surface area (Å²) in [4.78, 5) is 19.6. The zero-order valence-corrected chi connectivity index (χ0v) is 13.0. The molecule has 20 heavy (non-hydrogen) atoms. The number of nitrogens with one attached hydrogen (secondary N) is 2. The van der Waals surface area contributed by atoms with Crippen molar-refractivity contribution in [1.82, 2.24) is 15.3 Å². The van der Waals surface area contributed by atoms with Crippen molar-refractivity contribution in [2.24, 2.45) is 0 Å². The monoisotopic (exact) mass is 291 g/mol. The number of aromatic amines is 1. The summed E-state index contributed by atoms with van der Waals surface area (Å²) in [6, 6.07) is 6.00. The van der Waals surface area contributed by atoms with Crippen molar-refractivity contribution in [3.63, 3.8) is 0 Å². The SMILES string of the molecule is CCCSCC(=O)NC(C)c1nc2ccc(C)cc2[nH]1. The Morgan fingerprint density at radius 1 is 1.50 bits per heavy atom. The number of H-pyrrole nitrogens is 1. The molecule has 0 saturated carbocycles. The van der Waals surface area contributed by atoms with Gasteiger partial charge in [0.1, 0.15) is 5.82 Å². The number of nitrogens with zero attached hydrogens (tertiary/aromatic N) is 1. The standard InChI is InChI=1S/C15H21N3OS/c1-4-7-20-9-14(19)16-11(3)15-17-12-6-5-10(2)8-13(12)18-15/h5-6,8,11H,4,7,9H2,1-3H3,(H,16,19)(H,17,18). The second-order valence-electron chi connectivity index (χ2n) is 4.98.